The molecule has 0 saturated heterocycles. The zero-order valence-electron chi connectivity index (χ0n) is 72.8. The Hall–Kier alpha value is -14.1. The molecule has 620 valence electrons. The van der Waals surface area contributed by atoms with Crippen molar-refractivity contribution in [1.29, 1.82) is 0 Å². The minimum Gasteiger partial charge on any atom is -0.454 e. The lowest BCUT2D eigenvalue weighted by Crippen LogP contribution is -2.36. The summed E-state index contributed by atoms with van der Waals surface area (Å²) in [6, 6.07) is 109. The van der Waals surface area contributed by atoms with E-state index in [1.165, 1.54) is 125 Å². The third-order valence-electron chi connectivity index (χ3n) is 26.4. The number of fused-ring (bicyclic) bond motifs is 20. The van der Waals surface area contributed by atoms with Gasteiger partial charge in [-0.2, -0.15) is 0 Å². The van der Waals surface area contributed by atoms with E-state index < -0.39 is 0 Å². The number of thiophene rings is 2. The van der Waals surface area contributed by atoms with Crippen molar-refractivity contribution >= 4 is 209 Å². The van der Waals surface area contributed by atoms with Gasteiger partial charge in [-0.25, -0.2) is 0 Å². The molecule has 5 aliphatic heterocycles. The van der Waals surface area contributed by atoms with Crippen molar-refractivity contribution in [3.05, 3.63) is 337 Å². The normalized spacial score (nSPS) is 16.8. The number of para-hydroxylation sites is 11. The van der Waals surface area contributed by atoms with Gasteiger partial charge < -0.3 is 61.8 Å². The second-order valence-corrected chi connectivity index (χ2v) is 35.7. The highest BCUT2D eigenvalue weighted by molar-refractivity contribution is 7.26. The van der Waals surface area contributed by atoms with Crippen LogP contribution >= 0.6 is 22.7 Å². The van der Waals surface area contributed by atoms with Crippen molar-refractivity contribution in [1.82, 2.24) is 0 Å². The number of furan rings is 4. The average molecular weight is 1680 g/mol. The van der Waals surface area contributed by atoms with Gasteiger partial charge in [0.1, 0.15) is 70.2 Å². The van der Waals surface area contributed by atoms with E-state index in [9.17, 15) is 0 Å². The molecule has 20 aromatic rings. The zero-order valence-corrected chi connectivity index (χ0v) is 74.4. The highest BCUT2D eigenvalue weighted by Crippen LogP contribution is 2.58. The molecule has 0 radical (unpaired) electrons. The van der Waals surface area contributed by atoms with Crippen LogP contribution in [0.3, 0.4) is 0 Å². The first-order valence-electron chi connectivity index (χ1n) is 43.2. The van der Waals surface area contributed by atoms with E-state index in [0.717, 1.165) is 89.9 Å². The van der Waals surface area contributed by atoms with E-state index in [1.54, 1.807) is 0 Å². The SMILES string of the molecule is Cc1cc2sc3ccccc3c2cc1N1c2ccccc2N(C)[C@@H]1C.Cc1ccc2c(oc3ccccc32)c1N1c2c(oc3ccccc23)N(C)[C@@H]1C.Cc1ccc2c(sc3ccccc32)c1N1c2ccccc2N(C)[C@@H]1C.Cc1ccccc1N1c2c(oc3ccccc23)N(C)[C@@H]1C.Cc1ccccc1N1c2c(oc3ccccc23)N(c2ccccc2)[C@@H]1C. The van der Waals surface area contributed by atoms with E-state index in [4.69, 9.17) is 17.7 Å². The van der Waals surface area contributed by atoms with Crippen LogP contribution in [-0.2, 0) is 0 Å². The maximum Gasteiger partial charge on any atom is 0.227 e. The first-order valence-corrected chi connectivity index (χ1v) is 44.8. The molecular formula is C109H98N10O4S2. The van der Waals surface area contributed by atoms with Gasteiger partial charge in [0.05, 0.1) is 38.8 Å². The summed E-state index contributed by atoms with van der Waals surface area (Å²) < 4.78 is 30.5. The van der Waals surface area contributed by atoms with Crippen LogP contribution in [0.2, 0.25) is 0 Å². The van der Waals surface area contributed by atoms with Gasteiger partial charge in [-0.05, 0) is 212 Å². The van der Waals surface area contributed by atoms with Crippen LogP contribution in [0.1, 0.15) is 62.4 Å². The Morgan fingerprint density at radius 1 is 0.224 bits per heavy atom. The second kappa shape index (κ2) is 31.1. The largest absolute Gasteiger partial charge is 0.454 e. The van der Waals surface area contributed by atoms with Crippen molar-refractivity contribution in [3.8, 4) is 0 Å². The summed E-state index contributed by atoms with van der Waals surface area (Å²) in [6.45, 7) is 22.1. The first kappa shape index (κ1) is 78.2. The molecule has 5 aliphatic rings. The first-order chi connectivity index (χ1) is 60.9. The van der Waals surface area contributed by atoms with Gasteiger partial charge in [-0.1, -0.05) is 194 Å². The maximum absolute atomic E-state index is 6.37. The minimum atomic E-state index is 0.121. The number of anilines is 16. The summed E-state index contributed by atoms with van der Waals surface area (Å²) >= 11 is 3.79. The lowest BCUT2D eigenvalue weighted by molar-refractivity contribution is 0.588. The molecule has 0 aliphatic carbocycles. The van der Waals surface area contributed by atoms with Crippen molar-refractivity contribution in [2.75, 3.05) is 77.2 Å². The molecule has 25 rings (SSSR count). The topological polar surface area (TPSA) is 85.0 Å². The quantitative estimate of drug-likeness (QED) is 0.158. The lowest BCUT2D eigenvalue weighted by atomic mass is 10.1. The van der Waals surface area contributed by atoms with Crippen LogP contribution in [0.4, 0.5) is 91.6 Å². The van der Waals surface area contributed by atoms with E-state index in [1.807, 2.05) is 77.3 Å². The Labute approximate surface area is 736 Å². The molecule has 0 fully saturated rings. The van der Waals surface area contributed by atoms with Crippen LogP contribution < -0.4 is 49.0 Å². The Morgan fingerprint density at radius 2 is 0.608 bits per heavy atom. The van der Waals surface area contributed by atoms with Gasteiger partial charge in [0.25, 0.3) is 0 Å². The van der Waals surface area contributed by atoms with Gasteiger partial charge in [0.15, 0.2) is 5.58 Å². The van der Waals surface area contributed by atoms with Crippen LogP contribution in [0.25, 0.3) is 95.2 Å². The zero-order chi connectivity index (χ0) is 85.5. The summed E-state index contributed by atoms with van der Waals surface area (Å²) in [5.41, 5.74) is 27.0. The molecule has 16 heteroatoms. The number of hydrogen-bond acceptors (Lipinski definition) is 16. The molecule has 14 nitrogen and oxygen atoms in total. The Bertz CT molecular complexity index is 7550. The van der Waals surface area contributed by atoms with E-state index in [-0.39, 0.29) is 18.5 Å². The molecule has 11 heterocycles. The van der Waals surface area contributed by atoms with Crippen LogP contribution in [0.5, 0.6) is 0 Å². The summed E-state index contributed by atoms with van der Waals surface area (Å²) in [6.07, 6.45) is 1.09. The molecule has 0 bridgehead atoms. The van der Waals surface area contributed by atoms with E-state index in [2.05, 4.69) is 401 Å². The molecule has 5 atom stereocenters. The average Bonchev–Trinajstić information content (AvgIpc) is 1.59. The van der Waals surface area contributed by atoms with E-state index >= 15 is 0 Å². The maximum atomic E-state index is 6.37. The Balaban J connectivity index is 0.0000000958. The van der Waals surface area contributed by atoms with Gasteiger partial charge in [-0.15, -0.1) is 22.7 Å². The van der Waals surface area contributed by atoms with Gasteiger partial charge in [-0.3, -0.25) is 4.90 Å². The molecule has 0 saturated carbocycles. The fraction of sp³-hybridized carbons (Fsp3) is 0.174. The monoisotopic (exact) mass is 1670 g/mol. The fourth-order valence-electron chi connectivity index (χ4n) is 19.6. The standard InChI is InChI=1S/C24H20N2O2.C23H20N2O.2C22H20N2S.C18H18N2O/c1-14-12-13-17-16-8-4-6-10-19(16)27-23(17)21(14)26-15(2)25(3)24-22(26)18-9-5-7-11-20(18)28-24;1-16-10-6-8-14-20(16)25-17(2)24(18-11-4-3-5-12-18)23-22(25)19-13-7-9-15-21(19)26-23;1-14-12-22-17(16-8-4-7-11-21(16)25-22)13-20(14)24-15(2)23(3)18-9-5-6-10-19(18)24;1-14-12-13-17-16-8-4-7-11-20(16)25-22(17)21(14)24-15(2)23(3)18-9-5-6-10-19(18)24;1-12-8-4-6-10-15(12)20-13(2)19(3)18-17(20)14-9-5-7-11-16(14)21-18/h4-13,15H,1-3H3;3-15,17H,1-2H3;2*4-13,15H,1-3H3;4-11,13H,1-3H3/t15-;17-;2*15-;13-/m00000/s1. The van der Waals surface area contributed by atoms with Crippen molar-refractivity contribution in [3.63, 3.8) is 0 Å². The molecular weight excluding hydrogens is 1580 g/mol. The summed E-state index contributed by atoms with van der Waals surface area (Å²) in [7, 11) is 8.53. The Kier molecular flexibility index (Phi) is 19.4. The van der Waals surface area contributed by atoms with Crippen molar-refractivity contribution in [2.45, 2.75) is 100 Å². The summed E-state index contributed by atoms with van der Waals surface area (Å²) in [5, 5.41) is 11.2. The van der Waals surface area contributed by atoms with E-state index in [0.29, 0.717) is 12.3 Å². The predicted octanol–water partition coefficient (Wildman–Crippen LogP) is 30.2. The predicted molar refractivity (Wildman–Crippen MR) is 531 cm³/mol. The highest BCUT2D eigenvalue weighted by Gasteiger charge is 2.43. The minimum absolute atomic E-state index is 0.121. The summed E-state index contributed by atoms with van der Waals surface area (Å²) in [4.78, 5) is 23.5. The highest BCUT2D eigenvalue weighted by atomic mass is 32.1. The van der Waals surface area contributed by atoms with Gasteiger partial charge >= 0.3 is 0 Å². The molecule has 0 spiro atoms. The third-order valence-corrected chi connectivity index (χ3v) is 28.8. The number of aryl methyl sites for hydroxylation is 5. The second-order valence-electron chi connectivity index (χ2n) is 33.6. The molecule has 0 amide bonds. The van der Waals surface area contributed by atoms with Crippen molar-refractivity contribution < 1.29 is 17.7 Å². The smallest absolute Gasteiger partial charge is 0.227 e. The number of rotatable bonds is 6. The van der Waals surface area contributed by atoms with Crippen LogP contribution in [0, 0.1) is 34.6 Å². The van der Waals surface area contributed by atoms with Crippen LogP contribution in [-0.4, -0.2) is 59.0 Å². The van der Waals surface area contributed by atoms with Gasteiger partial charge in [0, 0.05) is 114 Å². The number of benzene rings is 14. The Morgan fingerprint density at radius 3 is 1.17 bits per heavy atom. The van der Waals surface area contributed by atoms with Gasteiger partial charge in [0.2, 0.25) is 17.7 Å². The van der Waals surface area contributed by atoms with Crippen LogP contribution in [0.15, 0.2) is 327 Å². The molecule has 14 aromatic carbocycles. The number of hydrogen-bond donors (Lipinski definition) is 0. The molecule has 125 heavy (non-hydrogen) atoms. The molecule has 0 unspecified atom stereocenters. The molecule has 0 N–H and O–H groups in total. The van der Waals surface area contributed by atoms with Crippen molar-refractivity contribution in [2.24, 2.45) is 0 Å². The summed E-state index contributed by atoms with van der Waals surface area (Å²) in [5.74, 6) is 2.77. The third kappa shape index (κ3) is 12.7. The fourth-order valence-corrected chi connectivity index (χ4v) is 22.1. The number of nitrogens with zero attached hydrogens (tertiary/aromatic N) is 10. The lowest BCUT2D eigenvalue weighted by Gasteiger charge is -2.31. The molecule has 6 aromatic heterocycles.